The van der Waals surface area contributed by atoms with Gasteiger partial charge in [0.25, 0.3) is 0 Å². The molecule has 0 N–H and O–H groups in total. The monoisotopic (exact) mass is 231 g/mol. The smallest absolute Gasteiger partial charge is 0.387 e. The number of benzene rings is 1. The van der Waals surface area contributed by atoms with Crippen LogP contribution in [-0.4, -0.2) is 19.7 Å². The number of hydrogen-bond donors (Lipinski definition) is 0. The molecule has 16 heavy (non-hydrogen) atoms. The maximum absolute atomic E-state index is 13.8. The van der Waals surface area contributed by atoms with Gasteiger partial charge in [0.05, 0.1) is 5.69 Å². The van der Waals surface area contributed by atoms with Gasteiger partial charge >= 0.3 is 6.61 Å². The SMILES string of the molecule is Fc1c(OC(F)F)cccc1N1CCCC1. The van der Waals surface area contributed by atoms with Gasteiger partial charge in [-0.25, -0.2) is 4.39 Å². The summed E-state index contributed by atoms with van der Waals surface area (Å²) in [5, 5.41) is 0. The third kappa shape index (κ3) is 2.23. The first-order chi connectivity index (χ1) is 7.68. The molecule has 0 spiro atoms. The molecule has 1 aromatic rings. The van der Waals surface area contributed by atoms with Crippen LogP contribution < -0.4 is 9.64 Å². The minimum atomic E-state index is -3.00. The van der Waals surface area contributed by atoms with E-state index >= 15 is 0 Å². The second-order valence-corrected chi connectivity index (χ2v) is 3.66. The zero-order chi connectivity index (χ0) is 11.5. The second-order valence-electron chi connectivity index (χ2n) is 3.66. The highest BCUT2D eigenvalue weighted by Crippen LogP contribution is 2.30. The van der Waals surface area contributed by atoms with E-state index in [2.05, 4.69) is 4.74 Å². The van der Waals surface area contributed by atoms with E-state index in [1.165, 1.54) is 12.1 Å². The van der Waals surface area contributed by atoms with Crippen LogP contribution in [0.25, 0.3) is 0 Å². The van der Waals surface area contributed by atoms with Gasteiger partial charge in [0, 0.05) is 13.1 Å². The van der Waals surface area contributed by atoms with E-state index < -0.39 is 12.4 Å². The van der Waals surface area contributed by atoms with Crippen molar-refractivity contribution in [3.8, 4) is 5.75 Å². The summed E-state index contributed by atoms with van der Waals surface area (Å²) in [5.41, 5.74) is 0.343. The summed E-state index contributed by atoms with van der Waals surface area (Å²) < 4.78 is 41.9. The molecular weight excluding hydrogens is 219 g/mol. The molecule has 2 nitrogen and oxygen atoms in total. The second kappa shape index (κ2) is 4.63. The topological polar surface area (TPSA) is 12.5 Å². The number of halogens is 3. The van der Waals surface area contributed by atoms with Crippen molar-refractivity contribution >= 4 is 5.69 Å². The van der Waals surface area contributed by atoms with Crippen molar-refractivity contribution in [2.24, 2.45) is 0 Å². The van der Waals surface area contributed by atoms with Crippen molar-refractivity contribution in [2.75, 3.05) is 18.0 Å². The Morgan fingerprint density at radius 1 is 1.19 bits per heavy atom. The molecule has 1 fully saturated rings. The van der Waals surface area contributed by atoms with Crippen molar-refractivity contribution in [3.05, 3.63) is 24.0 Å². The van der Waals surface area contributed by atoms with E-state index in [1.54, 1.807) is 6.07 Å². The van der Waals surface area contributed by atoms with Crippen LogP contribution >= 0.6 is 0 Å². The Kier molecular flexibility index (Phi) is 3.22. The molecule has 0 amide bonds. The molecule has 88 valence electrons. The molecule has 0 unspecified atom stereocenters. The lowest BCUT2D eigenvalue weighted by Gasteiger charge is -2.19. The quantitative estimate of drug-likeness (QED) is 0.792. The number of hydrogen-bond acceptors (Lipinski definition) is 2. The van der Waals surface area contributed by atoms with Crippen LogP contribution in [0.3, 0.4) is 0 Å². The summed E-state index contributed by atoms with van der Waals surface area (Å²) >= 11 is 0. The number of rotatable bonds is 3. The fourth-order valence-electron chi connectivity index (χ4n) is 1.89. The molecular formula is C11H12F3NO. The lowest BCUT2D eigenvalue weighted by Crippen LogP contribution is -2.19. The predicted octanol–water partition coefficient (Wildman–Crippen LogP) is 3.03. The molecule has 0 aromatic heterocycles. The van der Waals surface area contributed by atoms with Gasteiger partial charge in [-0.3, -0.25) is 0 Å². The molecule has 2 rings (SSSR count). The predicted molar refractivity (Wildman–Crippen MR) is 54.5 cm³/mol. The summed E-state index contributed by atoms with van der Waals surface area (Å²) in [6, 6.07) is 4.31. The molecule has 0 saturated carbocycles. The van der Waals surface area contributed by atoms with Crippen molar-refractivity contribution in [2.45, 2.75) is 19.5 Å². The summed E-state index contributed by atoms with van der Waals surface area (Å²) in [7, 11) is 0. The fraction of sp³-hybridized carbons (Fsp3) is 0.455. The zero-order valence-corrected chi connectivity index (χ0v) is 8.63. The Morgan fingerprint density at radius 3 is 2.50 bits per heavy atom. The number of anilines is 1. The lowest BCUT2D eigenvalue weighted by molar-refractivity contribution is -0.0521. The molecule has 0 bridgehead atoms. The largest absolute Gasteiger partial charge is 0.432 e. The molecule has 1 aliphatic heterocycles. The number of nitrogens with zero attached hydrogens (tertiary/aromatic N) is 1. The summed E-state index contributed by atoms with van der Waals surface area (Å²) in [6.07, 6.45) is 2.00. The average Bonchev–Trinajstić information content (AvgIpc) is 2.73. The normalized spacial score (nSPS) is 15.9. The molecule has 1 heterocycles. The van der Waals surface area contributed by atoms with Crippen LogP contribution in [0.5, 0.6) is 5.75 Å². The van der Waals surface area contributed by atoms with Gasteiger partial charge < -0.3 is 9.64 Å². The minimum Gasteiger partial charge on any atom is -0.432 e. The molecule has 1 aromatic carbocycles. The summed E-state index contributed by atoms with van der Waals surface area (Å²) in [6.45, 7) is -1.48. The van der Waals surface area contributed by atoms with Crippen molar-refractivity contribution < 1.29 is 17.9 Å². The highest BCUT2D eigenvalue weighted by Gasteiger charge is 2.19. The van der Waals surface area contributed by atoms with Gasteiger partial charge in [-0.2, -0.15) is 8.78 Å². The van der Waals surface area contributed by atoms with Crippen molar-refractivity contribution in [3.63, 3.8) is 0 Å². The highest BCUT2D eigenvalue weighted by molar-refractivity contribution is 5.53. The van der Waals surface area contributed by atoms with Gasteiger partial charge in [0.2, 0.25) is 0 Å². The minimum absolute atomic E-state index is 0.343. The van der Waals surface area contributed by atoms with Gasteiger partial charge in [-0.05, 0) is 25.0 Å². The number of alkyl halides is 2. The van der Waals surface area contributed by atoms with Gasteiger partial charge in [0.15, 0.2) is 11.6 Å². The van der Waals surface area contributed by atoms with Crippen LogP contribution in [-0.2, 0) is 0 Å². The van der Waals surface area contributed by atoms with E-state index in [1.807, 2.05) is 4.90 Å². The summed E-state index contributed by atoms with van der Waals surface area (Å²) in [4.78, 5) is 1.84. The van der Waals surface area contributed by atoms with Gasteiger partial charge in [-0.15, -0.1) is 0 Å². The van der Waals surface area contributed by atoms with Crippen molar-refractivity contribution in [1.82, 2.24) is 0 Å². The van der Waals surface area contributed by atoms with E-state index in [9.17, 15) is 13.2 Å². The molecule has 1 saturated heterocycles. The summed E-state index contributed by atoms with van der Waals surface area (Å²) in [5.74, 6) is -1.09. The van der Waals surface area contributed by atoms with Crippen LogP contribution in [0, 0.1) is 5.82 Å². The van der Waals surface area contributed by atoms with Crippen LogP contribution in [0.1, 0.15) is 12.8 Å². The Hall–Kier alpha value is -1.39. The van der Waals surface area contributed by atoms with Crippen molar-refractivity contribution in [1.29, 1.82) is 0 Å². The highest BCUT2D eigenvalue weighted by atomic mass is 19.3. The first kappa shape index (κ1) is 11.1. The van der Waals surface area contributed by atoms with E-state index in [0.29, 0.717) is 5.69 Å². The Morgan fingerprint density at radius 2 is 1.88 bits per heavy atom. The molecule has 0 aliphatic carbocycles. The Bertz CT molecular complexity index is 364. The van der Waals surface area contributed by atoms with Gasteiger partial charge in [0.1, 0.15) is 0 Å². The molecule has 5 heteroatoms. The molecule has 0 atom stereocenters. The maximum Gasteiger partial charge on any atom is 0.387 e. The Labute approximate surface area is 91.6 Å². The number of ether oxygens (including phenoxy) is 1. The Balaban J connectivity index is 2.24. The van der Waals surface area contributed by atoms with Crippen LogP contribution in [0.15, 0.2) is 18.2 Å². The zero-order valence-electron chi connectivity index (χ0n) is 8.63. The fourth-order valence-corrected chi connectivity index (χ4v) is 1.89. The third-order valence-corrected chi connectivity index (χ3v) is 2.61. The van der Waals surface area contributed by atoms with E-state index in [0.717, 1.165) is 25.9 Å². The standard InChI is InChI=1S/C11H12F3NO/c12-10-8(15-6-1-2-7-15)4-3-5-9(10)16-11(13)14/h3-5,11H,1-2,6-7H2. The molecule has 1 aliphatic rings. The van der Waals surface area contributed by atoms with Crippen LogP contribution in [0.2, 0.25) is 0 Å². The van der Waals surface area contributed by atoms with E-state index in [-0.39, 0.29) is 5.75 Å². The van der Waals surface area contributed by atoms with Gasteiger partial charge in [-0.1, -0.05) is 6.07 Å². The van der Waals surface area contributed by atoms with E-state index in [4.69, 9.17) is 0 Å². The van der Waals surface area contributed by atoms with Crippen LogP contribution in [0.4, 0.5) is 18.9 Å². The average molecular weight is 231 g/mol. The lowest BCUT2D eigenvalue weighted by atomic mass is 10.2. The first-order valence-corrected chi connectivity index (χ1v) is 5.17. The molecule has 0 radical (unpaired) electrons. The first-order valence-electron chi connectivity index (χ1n) is 5.17. The third-order valence-electron chi connectivity index (χ3n) is 2.61. The maximum atomic E-state index is 13.8.